The Morgan fingerprint density at radius 3 is 3.05 bits per heavy atom. The molecule has 0 bridgehead atoms. The number of nitrogens with zero attached hydrogens (tertiary/aromatic N) is 1. The van der Waals surface area contributed by atoms with Crippen LogP contribution >= 0.6 is 24.0 Å². The van der Waals surface area contributed by atoms with Gasteiger partial charge in [0, 0.05) is 22.9 Å². The van der Waals surface area contributed by atoms with Crippen molar-refractivity contribution in [3.8, 4) is 0 Å². The molecule has 0 atom stereocenters. The summed E-state index contributed by atoms with van der Waals surface area (Å²) in [5.74, 6) is -0.746. The van der Waals surface area contributed by atoms with E-state index in [4.69, 9.17) is 0 Å². The smallest absolute Gasteiger partial charge is 0.257 e. The SMILES string of the molecule is O=C(c1cc(S)ccc1F)N1CCc2sccc2C1. The van der Waals surface area contributed by atoms with Gasteiger partial charge in [0.15, 0.2) is 0 Å². The third-order valence-electron chi connectivity index (χ3n) is 3.28. The molecule has 2 heterocycles. The highest BCUT2D eigenvalue weighted by molar-refractivity contribution is 7.80. The van der Waals surface area contributed by atoms with Crippen molar-refractivity contribution in [2.75, 3.05) is 6.54 Å². The van der Waals surface area contributed by atoms with Crippen LogP contribution in [0.15, 0.2) is 34.5 Å². The monoisotopic (exact) mass is 293 g/mol. The van der Waals surface area contributed by atoms with E-state index in [0.717, 1.165) is 6.42 Å². The molecular formula is C14H12FNOS2. The fourth-order valence-corrected chi connectivity index (χ4v) is 3.36. The average Bonchev–Trinajstić information content (AvgIpc) is 2.88. The minimum Gasteiger partial charge on any atom is -0.334 e. The molecule has 0 N–H and O–H groups in total. The zero-order valence-corrected chi connectivity index (χ0v) is 11.8. The first-order valence-electron chi connectivity index (χ1n) is 5.98. The third-order valence-corrected chi connectivity index (χ3v) is 4.58. The summed E-state index contributed by atoms with van der Waals surface area (Å²) in [4.78, 5) is 16.0. The molecule has 0 unspecified atom stereocenters. The molecule has 1 aliphatic heterocycles. The van der Waals surface area contributed by atoms with E-state index in [1.807, 2.05) is 11.4 Å². The zero-order valence-electron chi connectivity index (χ0n) is 10.1. The van der Waals surface area contributed by atoms with E-state index in [1.165, 1.54) is 22.6 Å². The second-order valence-electron chi connectivity index (χ2n) is 4.51. The molecule has 98 valence electrons. The maximum Gasteiger partial charge on any atom is 0.257 e. The van der Waals surface area contributed by atoms with E-state index in [0.29, 0.717) is 18.0 Å². The number of hydrogen-bond acceptors (Lipinski definition) is 3. The van der Waals surface area contributed by atoms with Crippen LogP contribution in [-0.2, 0) is 13.0 Å². The van der Waals surface area contributed by atoms with Gasteiger partial charge in [-0.15, -0.1) is 24.0 Å². The minimum atomic E-state index is -0.487. The van der Waals surface area contributed by atoms with Gasteiger partial charge in [0.1, 0.15) is 5.82 Å². The Morgan fingerprint density at radius 2 is 2.21 bits per heavy atom. The fraction of sp³-hybridized carbons (Fsp3) is 0.214. The summed E-state index contributed by atoms with van der Waals surface area (Å²) in [5.41, 5.74) is 1.28. The lowest BCUT2D eigenvalue weighted by atomic mass is 10.1. The van der Waals surface area contributed by atoms with Crippen LogP contribution in [0.4, 0.5) is 4.39 Å². The molecule has 2 nitrogen and oxygen atoms in total. The Kier molecular flexibility index (Phi) is 3.33. The maximum atomic E-state index is 13.7. The molecule has 5 heteroatoms. The van der Waals surface area contributed by atoms with Crippen LogP contribution in [0.3, 0.4) is 0 Å². The number of rotatable bonds is 1. The molecule has 1 aromatic carbocycles. The molecule has 0 aliphatic carbocycles. The molecule has 0 radical (unpaired) electrons. The number of fused-ring (bicyclic) bond motifs is 1. The van der Waals surface area contributed by atoms with Crippen molar-refractivity contribution in [3.63, 3.8) is 0 Å². The summed E-state index contributed by atoms with van der Waals surface area (Å²) in [6.45, 7) is 1.20. The lowest BCUT2D eigenvalue weighted by Crippen LogP contribution is -2.35. The van der Waals surface area contributed by atoms with Crippen LogP contribution in [0.5, 0.6) is 0 Å². The van der Waals surface area contributed by atoms with Crippen LogP contribution in [-0.4, -0.2) is 17.4 Å². The highest BCUT2D eigenvalue weighted by Gasteiger charge is 2.24. The molecule has 1 amide bonds. The van der Waals surface area contributed by atoms with Crippen LogP contribution in [0, 0.1) is 5.82 Å². The number of carbonyl (C=O) groups is 1. The summed E-state index contributed by atoms with van der Waals surface area (Å²) in [6.07, 6.45) is 0.848. The number of carbonyl (C=O) groups excluding carboxylic acids is 1. The maximum absolute atomic E-state index is 13.7. The average molecular weight is 293 g/mol. The van der Waals surface area contributed by atoms with Crippen molar-refractivity contribution in [2.24, 2.45) is 0 Å². The Labute approximate surface area is 120 Å². The topological polar surface area (TPSA) is 20.3 Å². The van der Waals surface area contributed by atoms with Crippen molar-refractivity contribution >= 4 is 29.9 Å². The van der Waals surface area contributed by atoms with Gasteiger partial charge in [-0.05, 0) is 41.6 Å². The summed E-state index contributed by atoms with van der Waals surface area (Å²) in [7, 11) is 0. The van der Waals surface area contributed by atoms with Gasteiger partial charge < -0.3 is 4.90 Å². The summed E-state index contributed by atoms with van der Waals surface area (Å²) < 4.78 is 13.7. The second kappa shape index (κ2) is 4.98. The lowest BCUT2D eigenvalue weighted by molar-refractivity contribution is 0.0731. The number of hydrogen-bond donors (Lipinski definition) is 1. The number of benzene rings is 1. The number of halogens is 1. The molecule has 3 rings (SSSR count). The summed E-state index contributed by atoms with van der Waals surface area (Å²) in [6, 6.07) is 6.35. The van der Waals surface area contributed by atoms with Gasteiger partial charge in [0.05, 0.1) is 5.56 Å². The Bertz CT molecular complexity index is 638. The standard InChI is InChI=1S/C14H12FNOS2/c15-12-2-1-10(18)7-11(12)14(17)16-5-3-13-9(8-16)4-6-19-13/h1-2,4,6-7,18H,3,5,8H2. The normalized spacial score (nSPS) is 14.3. The van der Waals surface area contributed by atoms with Crippen molar-refractivity contribution < 1.29 is 9.18 Å². The Balaban J connectivity index is 1.87. The van der Waals surface area contributed by atoms with Gasteiger partial charge >= 0.3 is 0 Å². The lowest BCUT2D eigenvalue weighted by Gasteiger charge is -2.27. The van der Waals surface area contributed by atoms with E-state index in [9.17, 15) is 9.18 Å². The highest BCUT2D eigenvalue weighted by atomic mass is 32.1. The molecular weight excluding hydrogens is 281 g/mol. The van der Waals surface area contributed by atoms with Crippen LogP contribution in [0.1, 0.15) is 20.8 Å². The second-order valence-corrected chi connectivity index (χ2v) is 6.03. The van der Waals surface area contributed by atoms with Gasteiger partial charge in [0.25, 0.3) is 5.91 Å². The molecule has 1 aromatic heterocycles. The first kappa shape index (κ1) is 12.7. The molecule has 1 aliphatic rings. The van der Waals surface area contributed by atoms with Gasteiger partial charge in [0.2, 0.25) is 0 Å². The van der Waals surface area contributed by atoms with Crippen molar-refractivity contribution in [1.82, 2.24) is 4.90 Å². The summed E-state index contributed by atoms with van der Waals surface area (Å²) in [5, 5.41) is 2.04. The van der Waals surface area contributed by atoms with Crippen LogP contribution in [0.25, 0.3) is 0 Å². The predicted octanol–water partition coefficient (Wildman–Crippen LogP) is 3.37. The van der Waals surface area contributed by atoms with Gasteiger partial charge in [-0.1, -0.05) is 0 Å². The zero-order chi connectivity index (χ0) is 13.4. The molecule has 0 saturated heterocycles. The number of amides is 1. The fourth-order valence-electron chi connectivity index (χ4n) is 2.27. The first-order valence-corrected chi connectivity index (χ1v) is 7.31. The first-order chi connectivity index (χ1) is 9.15. The molecule has 0 saturated carbocycles. The van der Waals surface area contributed by atoms with E-state index >= 15 is 0 Å². The highest BCUT2D eigenvalue weighted by Crippen LogP contribution is 2.25. The molecule has 0 fully saturated rings. The van der Waals surface area contributed by atoms with E-state index < -0.39 is 5.82 Å². The summed E-state index contributed by atoms with van der Waals surface area (Å²) >= 11 is 5.88. The van der Waals surface area contributed by atoms with Crippen LogP contribution in [0.2, 0.25) is 0 Å². The van der Waals surface area contributed by atoms with E-state index in [2.05, 4.69) is 12.6 Å². The van der Waals surface area contributed by atoms with Gasteiger partial charge in [-0.25, -0.2) is 4.39 Å². The van der Waals surface area contributed by atoms with E-state index in [-0.39, 0.29) is 11.5 Å². The van der Waals surface area contributed by atoms with Crippen LogP contribution < -0.4 is 0 Å². The predicted molar refractivity (Wildman–Crippen MR) is 76.4 cm³/mol. The van der Waals surface area contributed by atoms with E-state index in [1.54, 1.807) is 22.3 Å². The third kappa shape index (κ3) is 2.40. The van der Waals surface area contributed by atoms with Gasteiger partial charge in [-0.2, -0.15) is 0 Å². The number of thiol groups is 1. The van der Waals surface area contributed by atoms with Gasteiger partial charge in [-0.3, -0.25) is 4.79 Å². The molecule has 0 spiro atoms. The Morgan fingerprint density at radius 1 is 1.37 bits per heavy atom. The minimum absolute atomic E-state index is 0.103. The number of thiophene rings is 1. The quantitative estimate of drug-likeness (QED) is 0.799. The van der Waals surface area contributed by atoms with Crippen molar-refractivity contribution in [3.05, 3.63) is 51.5 Å². The Hall–Kier alpha value is -1.33. The van der Waals surface area contributed by atoms with Crippen molar-refractivity contribution in [2.45, 2.75) is 17.9 Å². The molecule has 2 aromatic rings. The molecule has 19 heavy (non-hydrogen) atoms. The largest absolute Gasteiger partial charge is 0.334 e. The van der Waals surface area contributed by atoms with Crippen molar-refractivity contribution in [1.29, 1.82) is 0 Å².